The summed E-state index contributed by atoms with van der Waals surface area (Å²) in [5.74, 6) is 0.909. The number of carbonyl (C=O) groups excluding carboxylic acids is 1. The number of amidine groups is 1. The minimum atomic E-state index is -0.440. The second-order valence-corrected chi connectivity index (χ2v) is 5.49. The first kappa shape index (κ1) is 15.5. The maximum atomic E-state index is 11.9. The number of carbonyl (C=O) groups is 1. The van der Waals surface area contributed by atoms with Crippen LogP contribution in [-0.4, -0.2) is 60.1 Å². The summed E-state index contributed by atoms with van der Waals surface area (Å²) in [5, 5.41) is 0. The Hall–Kier alpha value is -1.52. The van der Waals surface area contributed by atoms with Crippen LogP contribution < -0.4 is 0 Å². The van der Waals surface area contributed by atoms with Crippen LogP contribution >= 0.6 is 0 Å². The van der Waals surface area contributed by atoms with Crippen molar-refractivity contribution in [1.29, 1.82) is 0 Å². The van der Waals surface area contributed by atoms with E-state index in [0.29, 0.717) is 13.1 Å². The highest BCUT2D eigenvalue weighted by Gasteiger charge is 2.26. The van der Waals surface area contributed by atoms with Crippen molar-refractivity contribution >= 4 is 11.9 Å². The molecule has 5 nitrogen and oxygen atoms in total. The van der Waals surface area contributed by atoms with Gasteiger partial charge in [0.2, 0.25) is 0 Å². The fourth-order valence-electron chi connectivity index (χ4n) is 1.90. The minimum Gasteiger partial charge on any atom is -0.444 e. The molecule has 1 aliphatic heterocycles. The van der Waals surface area contributed by atoms with Gasteiger partial charge < -0.3 is 14.5 Å². The average Bonchev–Trinajstić information content (AvgIpc) is 2.34. The summed E-state index contributed by atoms with van der Waals surface area (Å²) >= 11 is 0. The maximum absolute atomic E-state index is 11.9. The molecule has 0 N–H and O–H groups in total. The first-order chi connectivity index (χ1) is 8.87. The van der Waals surface area contributed by atoms with Gasteiger partial charge in [0.1, 0.15) is 11.4 Å². The van der Waals surface area contributed by atoms with E-state index < -0.39 is 5.60 Å². The van der Waals surface area contributed by atoms with E-state index in [-0.39, 0.29) is 6.09 Å². The molecule has 0 aromatic heterocycles. The predicted octanol–water partition coefficient (Wildman–Crippen LogP) is 2.14. The lowest BCUT2D eigenvalue weighted by Gasteiger charge is -2.36. The van der Waals surface area contributed by atoms with Gasteiger partial charge in [0.25, 0.3) is 0 Å². The molecule has 0 aromatic rings. The smallest absolute Gasteiger partial charge is 0.410 e. The maximum Gasteiger partial charge on any atom is 0.410 e. The van der Waals surface area contributed by atoms with Gasteiger partial charge in [-0.25, -0.2) is 4.79 Å². The summed E-state index contributed by atoms with van der Waals surface area (Å²) in [6, 6.07) is 0. The average molecular weight is 267 g/mol. The quantitative estimate of drug-likeness (QED) is 0.569. The standard InChI is InChI=1S/C14H25N3O2/c1-6-12(15-7-2)16-8-10-17(11-9-16)13(18)19-14(3,4)5/h6H,1,7-11H2,2-5H3. The molecular formula is C14H25N3O2. The van der Waals surface area contributed by atoms with Crippen LogP contribution in [0, 0.1) is 0 Å². The van der Waals surface area contributed by atoms with E-state index in [9.17, 15) is 4.79 Å². The third kappa shape index (κ3) is 4.93. The highest BCUT2D eigenvalue weighted by molar-refractivity contribution is 5.92. The zero-order valence-electron chi connectivity index (χ0n) is 12.5. The van der Waals surface area contributed by atoms with E-state index in [0.717, 1.165) is 25.5 Å². The lowest BCUT2D eigenvalue weighted by molar-refractivity contribution is 0.0187. The zero-order chi connectivity index (χ0) is 14.5. The molecule has 0 aromatic carbocycles. The van der Waals surface area contributed by atoms with E-state index in [2.05, 4.69) is 16.5 Å². The van der Waals surface area contributed by atoms with Gasteiger partial charge in [0, 0.05) is 32.7 Å². The zero-order valence-corrected chi connectivity index (χ0v) is 12.5. The van der Waals surface area contributed by atoms with Crippen LogP contribution in [0.4, 0.5) is 4.79 Å². The summed E-state index contributed by atoms with van der Waals surface area (Å²) in [7, 11) is 0. The van der Waals surface area contributed by atoms with Crippen molar-refractivity contribution in [2.75, 3.05) is 32.7 Å². The van der Waals surface area contributed by atoms with Crippen molar-refractivity contribution in [2.45, 2.75) is 33.3 Å². The highest BCUT2D eigenvalue weighted by atomic mass is 16.6. The molecule has 19 heavy (non-hydrogen) atoms. The monoisotopic (exact) mass is 267 g/mol. The summed E-state index contributed by atoms with van der Waals surface area (Å²) < 4.78 is 5.36. The molecule has 108 valence electrons. The molecule has 1 rings (SSSR count). The lowest BCUT2D eigenvalue weighted by Crippen LogP contribution is -2.51. The molecule has 0 unspecified atom stereocenters. The number of aliphatic imine (C=N–C) groups is 1. The molecule has 5 heteroatoms. The molecule has 1 aliphatic rings. The van der Waals surface area contributed by atoms with E-state index >= 15 is 0 Å². The van der Waals surface area contributed by atoms with E-state index in [4.69, 9.17) is 4.74 Å². The van der Waals surface area contributed by atoms with Gasteiger partial charge in [0.05, 0.1) is 0 Å². The van der Waals surface area contributed by atoms with Gasteiger partial charge >= 0.3 is 6.09 Å². The number of ether oxygens (including phenoxy) is 1. The second-order valence-electron chi connectivity index (χ2n) is 5.49. The second kappa shape index (κ2) is 6.59. The summed E-state index contributed by atoms with van der Waals surface area (Å²) in [6.45, 7) is 15.0. The molecule has 0 radical (unpaired) electrons. The molecule has 0 saturated carbocycles. The summed E-state index contributed by atoms with van der Waals surface area (Å²) in [6.07, 6.45) is 1.53. The summed E-state index contributed by atoms with van der Waals surface area (Å²) in [4.78, 5) is 20.2. The molecule has 1 saturated heterocycles. The van der Waals surface area contributed by atoms with Crippen LogP contribution in [0.2, 0.25) is 0 Å². The van der Waals surface area contributed by atoms with Gasteiger partial charge in [-0.1, -0.05) is 6.58 Å². The molecule has 0 atom stereocenters. The number of rotatable bonds is 2. The molecule has 0 spiro atoms. The van der Waals surface area contributed by atoms with Gasteiger partial charge in [-0.15, -0.1) is 0 Å². The van der Waals surface area contributed by atoms with E-state index in [1.54, 1.807) is 11.0 Å². The largest absolute Gasteiger partial charge is 0.444 e. The van der Waals surface area contributed by atoms with Crippen molar-refractivity contribution in [3.8, 4) is 0 Å². The van der Waals surface area contributed by atoms with E-state index in [1.807, 2.05) is 27.7 Å². The molecule has 0 bridgehead atoms. The Kier molecular flexibility index (Phi) is 5.39. The lowest BCUT2D eigenvalue weighted by atomic mass is 10.2. The number of piperazine rings is 1. The summed E-state index contributed by atoms with van der Waals surface area (Å²) in [5.41, 5.74) is -0.440. The first-order valence-corrected chi connectivity index (χ1v) is 6.77. The Labute approximate surface area is 115 Å². The van der Waals surface area contributed by atoms with Crippen molar-refractivity contribution in [3.05, 3.63) is 12.7 Å². The third-order valence-electron chi connectivity index (χ3n) is 2.76. The van der Waals surface area contributed by atoms with Crippen LogP contribution in [0.15, 0.2) is 17.6 Å². The van der Waals surface area contributed by atoms with Crippen LogP contribution in [-0.2, 0) is 4.74 Å². The van der Waals surface area contributed by atoms with Crippen LogP contribution in [0.25, 0.3) is 0 Å². The van der Waals surface area contributed by atoms with Gasteiger partial charge in [-0.3, -0.25) is 4.99 Å². The van der Waals surface area contributed by atoms with Crippen molar-refractivity contribution in [1.82, 2.24) is 9.80 Å². The van der Waals surface area contributed by atoms with Crippen molar-refractivity contribution < 1.29 is 9.53 Å². The van der Waals surface area contributed by atoms with Crippen LogP contribution in [0.3, 0.4) is 0 Å². The molecular weight excluding hydrogens is 242 g/mol. The fraction of sp³-hybridized carbons (Fsp3) is 0.714. The Morgan fingerprint density at radius 2 is 1.79 bits per heavy atom. The molecule has 1 fully saturated rings. The van der Waals surface area contributed by atoms with Gasteiger partial charge in [-0.2, -0.15) is 0 Å². The Morgan fingerprint density at radius 1 is 1.26 bits per heavy atom. The molecule has 0 aliphatic carbocycles. The number of hydrogen-bond donors (Lipinski definition) is 0. The van der Waals surface area contributed by atoms with Crippen LogP contribution in [0.5, 0.6) is 0 Å². The van der Waals surface area contributed by atoms with Crippen LogP contribution in [0.1, 0.15) is 27.7 Å². The Balaban J connectivity index is 2.51. The molecule has 1 amide bonds. The van der Waals surface area contributed by atoms with Crippen molar-refractivity contribution in [3.63, 3.8) is 0 Å². The topological polar surface area (TPSA) is 45.1 Å². The van der Waals surface area contributed by atoms with Gasteiger partial charge in [-0.05, 0) is 33.8 Å². The Bertz CT molecular complexity index is 350. The number of nitrogens with zero attached hydrogens (tertiary/aromatic N) is 3. The SMILES string of the molecule is C=CC(=NCC)N1CCN(C(=O)OC(C)(C)C)CC1. The van der Waals surface area contributed by atoms with E-state index in [1.165, 1.54) is 0 Å². The fourth-order valence-corrected chi connectivity index (χ4v) is 1.90. The Morgan fingerprint density at radius 3 is 2.21 bits per heavy atom. The normalized spacial score (nSPS) is 17.4. The third-order valence-corrected chi connectivity index (χ3v) is 2.76. The minimum absolute atomic E-state index is 0.236. The predicted molar refractivity (Wildman–Crippen MR) is 77.6 cm³/mol. The number of amides is 1. The first-order valence-electron chi connectivity index (χ1n) is 6.77. The van der Waals surface area contributed by atoms with Gasteiger partial charge in [0.15, 0.2) is 0 Å². The molecule has 1 heterocycles. The van der Waals surface area contributed by atoms with Crippen molar-refractivity contribution in [2.24, 2.45) is 4.99 Å². The highest BCUT2D eigenvalue weighted by Crippen LogP contribution is 2.12. The number of hydrogen-bond acceptors (Lipinski definition) is 3.